The largest absolute Gasteiger partial charge is 0.497 e. The lowest BCUT2D eigenvalue weighted by Gasteiger charge is -2.26. The Morgan fingerprint density at radius 1 is 1.00 bits per heavy atom. The summed E-state index contributed by atoms with van der Waals surface area (Å²) in [6.07, 6.45) is 0. The Balaban J connectivity index is 2.00. The monoisotopic (exact) mass is 441 g/mol. The number of hydrogen-bond donors (Lipinski definition) is 2. The fraction of sp³-hybridized carbons (Fsp3) is 0.304. The zero-order valence-electron chi connectivity index (χ0n) is 18.3. The van der Waals surface area contributed by atoms with Crippen molar-refractivity contribution >= 4 is 34.8 Å². The van der Waals surface area contributed by atoms with E-state index in [0.29, 0.717) is 0 Å². The van der Waals surface area contributed by atoms with Crippen molar-refractivity contribution in [1.29, 1.82) is 0 Å². The van der Waals surface area contributed by atoms with Crippen molar-refractivity contribution in [3.05, 3.63) is 59.7 Å². The van der Waals surface area contributed by atoms with Crippen molar-refractivity contribution in [2.24, 2.45) is 0 Å². The first-order valence-electron chi connectivity index (χ1n) is 9.79. The van der Waals surface area contributed by atoms with Gasteiger partial charge in [0.2, 0.25) is 5.91 Å². The first-order chi connectivity index (χ1) is 14.9. The smallest absolute Gasteiger partial charge is 0.240 e. The molecule has 3 rings (SSSR count). The van der Waals surface area contributed by atoms with Gasteiger partial charge >= 0.3 is 0 Å². The number of carbonyl (C=O) groups excluding carboxylic acids is 2. The van der Waals surface area contributed by atoms with E-state index in [4.69, 9.17) is 9.47 Å². The zero-order chi connectivity index (χ0) is 22.5. The molecule has 0 fully saturated rings. The number of Topliss-reactive ketones (excluding diaryl/α,β-unsaturated/α-hetero) is 1. The summed E-state index contributed by atoms with van der Waals surface area (Å²) in [6.45, 7) is 1.43. The molecule has 2 aromatic rings. The molecule has 1 aliphatic heterocycles. The third kappa shape index (κ3) is 4.80. The van der Waals surface area contributed by atoms with Gasteiger partial charge in [-0.1, -0.05) is 11.8 Å². The first kappa shape index (κ1) is 22.6. The summed E-state index contributed by atoms with van der Waals surface area (Å²) in [6, 6.07) is 15.6. The molecule has 0 aromatic heterocycles. The van der Waals surface area contributed by atoms with Crippen molar-refractivity contribution in [3.63, 3.8) is 0 Å². The second kappa shape index (κ2) is 9.78. The molecular formula is C23H27N3O4S. The minimum Gasteiger partial charge on any atom is -0.497 e. The van der Waals surface area contributed by atoms with Crippen LogP contribution in [0.25, 0.3) is 11.4 Å². The molecule has 0 saturated heterocycles. The van der Waals surface area contributed by atoms with Crippen LogP contribution in [0.4, 0.5) is 0 Å². The number of rotatable bonds is 8. The molecule has 0 aliphatic carbocycles. The first-order valence-corrected chi connectivity index (χ1v) is 10.7. The molecule has 164 valence electrons. The van der Waals surface area contributed by atoms with E-state index >= 15 is 0 Å². The fourth-order valence-corrected chi connectivity index (χ4v) is 4.55. The molecule has 1 aliphatic rings. The van der Waals surface area contributed by atoms with Crippen LogP contribution in [-0.4, -0.2) is 55.7 Å². The van der Waals surface area contributed by atoms with Crippen LogP contribution < -0.4 is 20.1 Å². The van der Waals surface area contributed by atoms with Crippen molar-refractivity contribution in [2.75, 3.05) is 28.3 Å². The molecule has 0 spiro atoms. The molecule has 7 nitrogen and oxygen atoms in total. The van der Waals surface area contributed by atoms with Gasteiger partial charge in [-0.15, -0.1) is 0 Å². The Labute approximate surface area is 186 Å². The van der Waals surface area contributed by atoms with Gasteiger partial charge in [-0.25, -0.2) is 0 Å². The van der Waals surface area contributed by atoms with E-state index in [9.17, 15) is 9.59 Å². The van der Waals surface area contributed by atoms with Gasteiger partial charge in [0, 0.05) is 25.2 Å². The van der Waals surface area contributed by atoms with E-state index in [1.807, 2.05) is 60.5 Å². The zero-order valence-corrected chi connectivity index (χ0v) is 19.1. The predicted octanol–water partition coefficient (Wildman–Crippen LogP) is 2.79. The minimum absolute atomic E-state index is 0.191. The summed E-state index contributed by atoms with van der Waals surface area (Å²) >= 11 is 1.28. The lowest BCUT2D eigenvalue weighted by atomic mass is 10.1. The Morgan fingerprint density at radius 3 is 1.97 bits per heavy atom. The number of nitrogens with zero attached hydrogens (tertiary/aromatic N) is 1. The number of thioether (sulfide) groups is 1. The molecule has 0 saturated carbocycles. The standard InChI is InChI=1S/C23H27N3O4S/c1-14(27)21(22(28)24-2)31-23-25-19(15-6-10-17(29-4)11-7-15)20(26(23)3)16-8-12-18(30-5)13-9-16/h6-13,21,23,25H,1-5H3,(H,24,28). The molecule has 0 bridgehead atoms. The third-order valence-corrected chi connectivity index (χ3v) is 6.58. The highest BCUT2D eigenvalue weighted by atomic mass is 32.2. The van der Waals surface area contributed by atoms with Gasteiger partial charge in [0.05, 0.1) is 25.6 Å². The van der Waals surface area contributed by atoms with Crippen LogP contribution in [0.2, 0.25) is 0 Å². The SMILES string of the molecule is CNC(=O)C(SC1NC(c2ccc(OC)cc2)=C(c2ccc(OC)cc2)N1C)C(C)=O. The van der Waals surface area contributed by atoms with E-state index in [1.165, 1.54) is 25.7 Å². The van der Waals surface area contributed by atoms with Crippen LogP contribution in [0.5, 0.6) is 11.5 Å². The predicted molar refractivity (Wildman–Crippen MR) is 124 cm³/mol. The van der Waals surface area contributed by atoms with Gasteiger partial charge in [0.25, 0.3) is 0 Å². The second-order valence-corrected chi connectivity index (χ2v) is 8.22. The maximum Gasteiger partial charge on any atom is 0.240 e. The molecular weight excluding hydrogens is 414 g/mol. The molecule has 2 aromatic carbocycles. The average molecular weight is 442 g/mol. The Hall–Kier alpha value is -3.13. The Kier molecular flexibility index (Phi) is 7.12. The van der Waals surface area contributed by atoms with Gasteiger partial charge in [-0.3, -0.25) is 9.59 Å². The Morgan fingerprint density at radius 2 is 1.52 bits per heavy atom. The van der Waals surface area contributed by atoms with E-state index in [1.54, 1.807) is 14.2 Å². The van der Waals surface area contributed by atoms with Gasteiger partial charge in [0.1, 0.15) is 22.2 Å². The van der Waals surface area contributed by atoms with Gasteiger partial charge in [-0.05, 0) is 55.5 Å². The number of benzene rings is 2. The summed E-state index contributed by atoms with van der Waals surface area (Å²) in [5.41, 5.74) is 3.53. The van der Waals surface area contributed by atoms with E-state index < -0.39 is 5.25 Å². The third-order valence-electron chi connectivity index (χ3n) is 5.07. The summed E-state index contributed by atoms with van der Waals surface area (Å²) in [5, 5.41) is 5.27. The fourth-order valence-electron chi connectivity index (χ4n) is 3.38. The second-order valence-electron chi connectivity index (χ2n) is 7.03. The van der Waals surface area contributed by atoms with Crippen molar-refractivity contribution in [1.82, 2.24) is 15.5 Å². The molecule has 0 radical (unpaired) electrons. The van der Waals surface area contributed by atoms with Crippen molar-refractivity contribution in [2.45, 2.75) is 17.7 Å². The lowest BCUT2D eigenvalue weighted by molar-refractivity contribution is -0.126. The molecule has 2 unspecified atom stereocenters. The van der Waals surface area contributed by atoms with Crippen LogP contribution in [-0.2, 0) is 9.59 Å². The average Bonchev–Trinajstić information content (AvgIpc) is 3.12. The molecule has 1 heterocycles. The van der Waals surface area contributed by atoms with Crippen molar-refractivity contribution in [3.8, 4) is 11.5 Å². The number of amides is 1. The summed E-state index contributed by atoms with van der Waals surface area (Å²) < 4.78 is 10.6. The van der Waals surface area contributed by atoms with E-state index in [2.05, 4.69) is 10.6 Å². The highest BCUT2D eigenvalue weighted by molar-refractivity contribution is 8.01. The molecule has 1 amide bonds. The lowest BCUT2D eigenvalue weighted by Crippen LogP contribution is -2.40. The minimum atomic E-state index is -0.808. The quantitative estimate of drug-likeness (QED) is 0.610. The Bertz CT molecular complexity index is 973. The number of hydrogen-bond acceptors (Lipinski definition) is 7. The van der Waals surface area contributed by atoms with Crippen LogP contribution in [0, 0.1) is 0 Å². The highest BCUT2D eigenvalue weighted by Gasteiger charge is 2.35. The number of methoxy groups -OCH3 is 2. The van der Waals surface area contributed by atoms with Crippen LogP contribution in [0.15, 0.2) is 48.5 Å². The molecule has 31 heavy (non-hydrogen) atoms. The van der Waals surface area contributed by atoms with Gasteiger partial charge in [-0.2, -0.15) is 0 Å². The maximum absolute atomic E-state index is 12.3. The molecule has 2 atom stereocenters. The number of nitrogens with one attached hydrogen (secondary N) is 2. The summed E-state index contributed by atoms with van der Waals surface area (Å²) in [7, 11) is 6.75. The maximum atomic E-state index is 12.3. The summed E-state index contributed by atoms with van der Waals surface area (Å²) in [4.78, 5) is 26.4. The molecule has 8 heteroatoms. The van der Waals surface area contributed by atoms with E-state index in [0.717, 1.165) is 34.0 Å². The van der Waals surface area contributed by atoms with E-state index in [-0.39, 0.29) is 17.2 Å². The number of ether oxygens (including phenoxy) is 2. The topological polar surface area (TPSA) is 79.9 Å². The molecule has 2 N–H and O–H groups in total. The number of carbonyl (C=O) groups is 2. The van der Waals surface area contributed by atoms with Crippen LogP contribution in [0.3, 0.4) is 0 Å². The number of ketones is 1. The van der Waals surface area contributed by atoms with Gasteiger partial charge in [0.15, 0.2) is 5.78 Å². The van der Waals surface area contributed by atoms with Crippen LogP contribution in [0.1, 0.15) is 18.1 Å². The van der Waals surface area contributed by atoms with Crippen LogP contribution >= 0.6 is 11.8 Å². The highest BCUT2D eigenvalue weighted by Crippen LogP contribution is 2.39. The summed E-state index contributed by atoms with van der Waals surface area (Å²) in [5.74, 6) is 1.04. The van der Waals surface area contributed by atoms with Gasteiger partial charge < -0.3 is 25.0 Å². The van der Waals surface area contributed by atoms with Crippen molar-refractivity contribution < 1.29 is 19.1 Å². The normalized spacial score (nSPS) is 16.5.